The Bertz CT molecular complexity index is 1840. The minimum Gasteiger partial charge on any atom is -0.478 e. The van der Waals surface area contributed by atoms with Crippen molar-refractivity contribution in [2.45, 2.75) is 36.3 Å². The number of aromatic nitrogens is 1. The van der Waals surface area contributed by atoms with Gasteiger partial charge in [-0.2, -0.15) is 9.57 Å². The van der Waals surface area contributed by atoms with Crippen LogP contribution in [0.5, 0.6) is 5.88 Å². The Balaban J connectivity index is 1.39. The summed E-state index contributed by atoms with van der Waals surface area (Å²) in [4.78, 5) is 42.7. The van der Waals surface area contributed by atoms with E-state index in [1.165, 1.54) is 47.7 Å². The van der Waals surface area contributed by atoms with Gasteiger partial charge in [0.15, 0.2) is 0 Å². The average Bonchev–Trinajstić information content (AvgIpc) is 3.32. The summed E-state index contributed by atoms with van der Waals surface area (Å²) in [5.74, 6) is -2.48. The Morgan fingerprint density at radius 3 is 2.42 bits per heavy atom. The Morgan fingerprint density at radius 1 is 1.04 bits per heavy atom. The highest BCUT2D eigenvalue weighted by Crippen LogP contribution is 2.52. The van der Waals surface area contributed by atoms with E-state index in [0.29, 0.717) is 36.5 Å². The molecule has 48 heavy (non-hydrogen) atoms. The lowest BCUT2D eigenvalue weighted by Crippen LogP contribution is -2.53. The number of fused-ring (bicyclic) bond motifs is 1. The van der Waals surface area contributed by atoms with Gasteiger partial charge in [-0.25, -0.2) is 22.6 Å². The van der Waals surface area contributed by atoms with Crippen molar-refractivity contribution in [3.63, 3.8) is 0 Å². The number of carbonyl (C=O) groups is 2. The van der Waals surface area contributed by atoms with E-state index in [9.17, 15) is 23.3 Å². The van der Waals surface area contributed by atoms with Gasteiger partial charge in [0, 0.05) is 50.0 Å². The fourth-order valence-electron chi connectivity index (χ4n) is 6.50. The van der Waals surface area contributed by atoms with Crippen LogP contribution in [0.3, 0.4) is 0 Å². The number of pyridine rings is 1. The number of piperidine rings is 1. The van der Waals surface area contributed by atoms with Crippen LogP contribution < -0.4 is 9.04 Å². The van der Waals surface area contributed by atoms with Gasteiger partial charge >= 0.3 is 6.16 Å². The second-order valence-electron chi connectivity index (χ2n) is 11.8. The number of hydrogen-bond donors (Lipinski definition) is 0. The van der Waals surface area contributed by atoms with Crippen molar-refractivity contribution in [2.24, 2.45) is 0 Å². The number of carbonyl (C=O) groups excluding carboxylic acids is 2. The molecule has 0 aliphatic carbocycles. The zero-order valence-corrected chi connectivity index (χ0v) is 27.4. The fraction of sp³-hybridized carbons (Fsp3) is 0.394. The van der Waals surface area contributed by atoms with Gasteiger partial charge in [-0.1, -0.05) is 18.2 Å². The van der Waals surface area contributed by atoms with Gasteiger partial charge in [0.2, 0.25) is 5.88 Å². The molecule has 4 heterocycles. The lowest BCUT2D eigenvalue weighted by Gasteiger charge is -2.41. The fourth-order valence-corrected chi connectivity index (χ4v) is 7.96. The Kier molecular flexibility index (Phi) is 9.35. The van der Waals surface area contributed by atoms with E-state index in [2.05, 4.69) is 21.8 Å². The summed E-state index contributed by atoms with van der Waals surface area (Å²) < 4.78 is 55.4. The minimum absolute atomic E-state index is 0.0893. The maximum Gasteiger partial charge on any atom is 0.529 e. The highest BCUT2D eigenvalue weighted by atomic mass is 32.2. The number of piperazine rings is 1. The molecular formula is C33H35FN6O7S. The molecule has 1 unspecified atom stereocenters. The van der Waals surface area contributed by atoms with Crippen molar-refractivity contribution in [1.29, 1.82) is 5.26 Å². The zero-order valence-electron chi connectivity index (χ0n) is 26.5. The first-order valence-corrected chi connectivity index (χ1v) is 17.1. The number of halogens is 1. The second kappa shape index (κ2) is 13.5. The Hall–Kier alpha value is -4.62. The molecule has 1 atom stereocenters. The van der Waals surface area contributed by atoms with Crippen LogP contribution in [0.2, 0.25) is 0 Å². The van der Waals surface area contributed by atoms with Crippen LogP contribution in [0.4, 0.5) is 14.9 Å². The maximum absolute atomic E-state index is 15.2. The monoisotopic (exact) mass is 678 g/mol. The molecule has 13 nitrogen and oxygen atoms in total. The van der Waals surface area contributed by atoms with E-state index in [1.807, 2.05) is 0 Å². The summed E-state index contributed by atoms with van der Waals surface area (Å²) in [6, 6.07) is 13.8. The van der Waals surface area contributed by atoms with Crippen molar-refractivity contribution in [1.82, 2.24) is 19.8 Å². The SMILES string of the molecule is CCOc1ncccc1C1(OC(=O)ON2CCN(C3CCN(C)CC3)CC2)C(=O)N(S(=O)(=O)c2ccccc2)c2cc(F)c(C#N)cc21. The molecule has 252 valence electrons. The van der Waals surface area contributed by atoms with Crippen LogP contribution in [0.25, 0.3) is 0 Å². The van der Waals surface area contributed by atoms with Crippen LogP contribution in [0.15, 0.2) is 65.7 Å². The summed E-state index contributed by atoms with van der Waals surface area (Å²) in [7, 11) is -2.60. The molecule has 2 fully saturated rings. The standard InChI is InChI=1S/C33H35FN6O7S/c1-3-45-30-26(10-7-13-36-30)33(46-32(42)47-39-18-16-38(17-19-39)24-11-14-37(2)15-12-24)27-20-23(22-35)28(34)21-29(27)40(31(33)41)48(43,44)25-8-5-4-6-9-25/h4-10,13,20-21,24H,3,11-12,14-19H2,1-2H3. The number of anilines is 1. The number of amides is 1. The molecule has 2 aromatic carbocycles. The molecule has 3 aliphatic heterocycles. The third-order valence-electron chi connectivity index (χ3n) is 8.92. The van der Waals surface area contributed by atoms with Gasteiger partial charge in [0.05, 0.1) is 28.3 Å². The van der Waals surface area contributed by atoms with E-state index in [4.69, 9.17) is 14.3 Å². The molecule has 0 radical (unpaired) electrons. The van der Waals surface area contributed by atoms with Crippen LogP contribution in [-0.2, 0) is 30.0 Å². The number of nitrogens with zero attached hydrogens (tertiary/aromatic N) is 6. The number of benzene rings is 2. The van der Waals surface area contributed by atoms with Crippen LogP contribution in [0, 0.1) is 17.1 Å². The van der Waals surface area contributed by atoms with Gasteiger partial charge in [0.1, 0.15) is 11.9 Å². The summed E-state index contributed by atoms with van der Waals surface area (Å²) in [5, 5.41) is 11.2. The maximum atomic E-state index is 15.2. The number of rotatable bonds is 8. The number of sulfonamides is 1. The normalized spacial score (nSPS) is 21.0. The topological polar surface area (TPSA) is 146 Å². The molecule has 1 aromatic heterocycles. The van der Waals surface area contributed by atoms with Crippen molar-refractivity contribution in [3.8, 4) is 11.9 Å². The lowest BCUT2D eigenvalue weighted by atomic mass is 9.86. The van der Waals surface area contributed by atoms with Gasteiger partial charge < -0.3 is 19.2 Å². The highest BCUT2D eigenvalue weighted by Gasteiger charge is 2.61. The highest BCUT2D eigenvalue weighted by molar-refractivity contribution is 7.93. The van der Waals surface area contributed by atoms with E-state index >= 15 is 4.39 Å². The van der Waals surface area contributed by atoms with Gasteiger partial charge in [-0.15, -0.1) is 5.06 Å². The van der Waals surface area contributed by atoms with Crippen LogP contribution >= 0.6 is 0 Å². The van der Waals surface area contributed by atoms with Crippen LogP contribution in [-0.4, -0.2) is 99.3 Å². The molecule has 1 amide bonds. The quantitative estimate of drug-likeness (QED) is 0.323. The van der Waals surface area contributed by atoms with Gasteiger partial charge in [-0.05, 0) is 70.2 Å². The zero-order chi connectivity index (χ0) is 34.1. The first-order chi connectivity index (χ1) is 23.1. The molecule has 0 spiro atoms. The summed E-state index contributed by atoms with van der Waals surface area (Å²) in [6.45, 7) is 5.80. The van der Waals surface area contributed by atoms with E-state index in [0.717, 1.165) is 38.1 Å². The predicted octanol–water partition coefficient (Wildman–Crippen LogP) is 3.25. The van der Waals surface area contributed by atoms with Crippen molar-refractivity contribution >= 4 is 27.8 Å². The number of hydroxylamine groups is 2. The summed E-state index contributed by atoms with van der Waals surface area (Å²) in [6.07, 6.45) is 2.17. The number of hydrogen-bond acceptors (Lipinski definition) is 12. The molecule has 0 N–H and O–H groups in total. The van der Waals surface area contributed by atoms with E-state index < -0.39 is 44.8 Å². The molecule has 3 aliphatic rings. The lowest BCUT2D eigenvalue weighted by molar-refractivity contribution is -0.168. The smallest absolute Gasteiger partial charge is 0.478 e. The van der Waals surface area contributed by atoms with Crippen molar-refractivity contribution < 1.29 is 36.7 Å². The Morgan fingerprint density at radius 2 is 1.75 bits per heavy atom. The third-order valence-corrected chi connectivity index (χ3v) is 10.6. The molecule has 6 rings (SSSR count). The van der Waals surface area contributed by atoms with E-state index in [1.54, 1.807) is 19.1 Å². The summed E-state index contributed by atoms with van der Waals surface area (Å²) >= 11 is 0. The molecule has 15 heteroatoms. The number of nitriles is 1. The van der Waals surface area contributed by atoms with E-state index in [-0.39, 0.29) is 28.5 Å². The Labute approximate surface area is 278 Å². The van der Waals surface area contributed by atoms with Gasteiger partial charge in [0.25, 0.3) is 21.5 Å². The van der Waals surface area contributed by atoms with Gasteiger partial charge in [-0.3, -0.25) is 9.69 Å². The van der Waals surface area contributed by atoms with Crippen LogP contribution in [0.1, 0.15) is 36.5 Å². The average molecular weight is 679 g/mol. The largest absolute Gasteiger partial charge is 0.529 e. The first-order valence-electron chi connectivity index (χ1n) is 15.7. The molecule has 0 saturated carbocycles. The number of likely N-dealkylation sites (tertiary alicyclic amines) is 1. The first kappa shape index (κ1) is 33.3. The molecule has 0 bridgehead atoms. The number of ether oxygens (including phenoxy) is 2. The van der Waals surface area contributed by atoms with Crippen molar-refractivity contribution in [2.75, 3.05) is 57.2 Å². The molecule has 3 aromatic rings. The van der Waals surface area contributed by atoms with Crippen molar-refractivity contribution in [3.05, 3.63) is 83.3 Å². The second-order valence-corrected chi connectivity index (χ2v) is 13.5. The summed E-state index contributed by atoms with van der Waals surface area (Å²) in [5.41, 5.74) is -3.95. The predicted molar refractivity (Wildman–Crippen MR) is 170 cm³/mol. The third kappa shape index (κ3) is 5.96. The molecule has 2 saturated heterocycles. The minimum atomic E-state index is -4.70. The molecular weight excluding hydrogens is 643 g/mol.